The number of nitrogens with zero attached hydrogens (tertiary/aromatic N) is 4. The maximum atomic E-state index is 12.9. The molecule has 2 aromatic heterocycles. The van der Waals surface area contributed by atoms with Crippen LogP contribution in [0.25, 0.3) is 5.69 Å². The van der Waals surface area contributed by atoms with Gasteiger partial charge in [-0.25, -0.2) is 15.0 Å². The molecule has 1 saturated carbocycles. The predicted octanol–water partition coefficient (Wildman–Crippen LogP) is 3.86. The standard InChI is InChI=1S/C21H22F3N5O2/c1-13-8-14(27-19-25-7-4-17(28-19)21(22,23)24)10-15(9-13)29-11-18(26-12-29)20(31)5-2-16(30)3-6-20/h4,7-12,16,30-31H,2-3,5-6H2,1H3,(H,25,27,28)/t16-,20-. The Kier molecular flexibility index (Phi) is 5.44. The number of halogens is 3. The fourth-order valence-electron chi connectivity index (χ4n) is 3.73. The van der Waals surface area contributed by atoms with Crippen molar-refractivity contribution in [2.24, 2.45) is 0 Å². The summed E-state index contributed by atoms with van der Waals surface area (Å²) < 4.78 is 40.4. The molecule has 0 unspecified atom stereocenters. The Labute approximate surface area is 176 Å². The number of hydrogen-bond acceptors (Lipinski definition) is 6. The normalized spacial score (nSPS) is 21.8. The van der Waals surface area contributed by atoms with Crippen LogP contribution in [0.2, 0.25) is 0 Å². The predicted molar refractivity (Wildman–Crippen MR) is 107 cm³/mol. The van der Waals surface area contributed by atoms with E-state index in [2.05, 4.69) is 20.3 Å². The number of aliphatic hydroxyl groups excluding tert-OH is 1. The van der Waals surface area contributed by atoms with E-state index in [1.807, 2.05) is 13.0 Å². The van der Waals surface area contributed by atoms with E-state index in [9.17, 15) is 23.4 Å². The van der Waals surface area contributed by atoms with Crippen LogP contribution in [-0.4, -0.2) is 35.8 Å². The van der Waals surface area contributed by atoms with Gasteiger partial charge in [-0.15, -0.1) is 0 Å². The molecule has 7 nitrogen and oxygen atoms in total. The highest BCUT2D eigenvalue weighted by Crippen LogP contribution is 2.36. The number of imidazole rings is 1. The molecule has 3 aromatic rings. The number of aliphatic hydroxyl groups is 2. The van der Waals surface area contributed by atoms with Crippen molar-refractivity contribution in [1.29, 1.82) is 0 Å². The van der Waals surface area contributed by atoms with Gasteiger partial charge in [-0.3, -0.25) is 0 Å². The lowest BCUT2D eigenvalue weighted by atomic mass is 9.81. The minimum Gasteiger partial charge on any atom is -0.393 e. The van der Waals surface area contributed by atoms with Crippen LogP contribution in [0.5, 0.6) is 0 Å². The topological polar surface area (TPSA) is 96.1 Å². The van der Waals surface area contributed by atoms with E-state index >= 15 is 0 Å². The molecule has 0 bridgehead atoms. The number of nitrogens with one attached hydrogen (secondary N) is 1. The summed E-state index contributed by atoms with van der Waals surface area (Å²) >= 11 is 0. The van der Waals surface area contributed by atoms with E-state index in [0.717, 1.165) is 17.8 Å². The minimum atomic E-state index is -4.56. The van der Waals surface area contributed by atoms with Crippen molar-refractivity contribution in [3.63, 3.8) is 0 Å². The van der Waals surface area contributed by atoms with Gasteiger partial charge >= 0.3 is 6.18 Å². The third kappa shape index (κ3) is 4.70. The fraction of sp³-hybridized carbons (Fsp3) is 0.381. The number of aromatic nitrogens is 4. The molecule has 4 rings (SSSR count). The molecule has 1 aromatic carbocycles. The van der Waals surface area contributed by atoms with Crippen LogP contribution in [0.15, 0.2) is 43.0 Å². The Balaban J connectivity index is 1.59. The molecule has 1 aliphatic rings. The van der Waals surface area contributed by atoms with Crippen LogP contribution < -0.4 is 5.32 Å². The molecule has 10 heteroatoms. The molecule has 31 heavy (non-hydrogen) atoms. The first kappa shape index (κ1) is 21.3. The van der Waals surface area contributed by atoms with Crippen LogP contribution in [-0.2, 0) is 11.8 Å². The molecule has 0 atom stereocenters. The number of anilines is 2. The maximum Gasteiger partial charge on any atom is 0.433 e. The first-order valence-electron chi connectivity index (χ1n) is 9.87. The summed E-state index contributed by atoms with van der Waals surface area (Å²) in [6.45, 7) is 1.86. The van der Waals surface area contributed by atoms with Crippen LogP contribution >= 0.6 is 0 Å². The molecule has 0 spiro atoms. The number of benzene rings is 1. The summed E-state index contributed by atoms with van der Waals surface area (Å²) in [5, 5.41) is 23.4. The first-order valence-corrected chi connectivity index (χ1v) is 9.87. The van der Waals surface area contributed by atoms with Crippen molar-refractivity contribution in [2.45, 2.75) is 50.5 Å². The highest BCUT2D eigenvalue weighted by atomic mass is 19.4. The molecule has 1 fully saturated rings. The van der Waals surface area contributed by atoms with E-state index in [-0.39, 0.29) is 5.95 Å². The monoisotopic (exact) mass is 433 g/mol. The molecule has 0 radical (unpaired) electrons. The molecule has 0 amide bonds. The van der Waals surface area contributed by atoms with E-state index in [4.69, 9.17) is 0 Å². The molecule has 0 saturated heterocycles. The van der Waals surface area contributed by atoms with Gasteiger partial charge < -0.3 is 20.1 Å². The van der Waals surface area contributed by atoms with Crippen LogP contribution in [0, 0.1) is 6.92 Å². The summed E-state index contributed by atoms with van der Waals surface area (Å²) in [5.41, 5.74) is 0.513. The third-order valence-electron chi connectivity index (χ3n) is 5.40. The van der Waals surface area contributed by atoms with Crippen molar-refractivity contribution in [3.8, 4) is 5.69 Å². The molecule has 2 heterocycles. The van der Waals surface area contributed by atoms with E-state index in [0.29, 0.717) is 42.8 Å². The van der Waals surface area contributed by atoms with Crippen LogP contribution in [0.1, 0.15) is 42.6 Å². The fourth-order valence-corrected chi connectivity index (χ4v) is 3.73. The lowest BCUT2D eigenvalue weighted by Crippen LogP contribution is -2.33. The Morgan fingerprint density at radius 2 is 1.90 bits per heavy atom. The highest BCUT2D eigenvalue weighted by molar-refractivity contribution is 5.59. The van der Waals surface area contributed by atoms with Crippen molar-refractivity contribution in [2.75, 3.05) is 5.32 Å². The summed E-state index contributed by atoms with van der Waals surface area (Å²) in [6.07, 6.45) is 1.30. The second-order valence-electron chi connectivity index (χ2n) is 7.87. The molecule has 3 N–H and O–H groups in total. The van der Waals surface area contributed by atoms with E-state index in [1.54, 1.807) is 29.2 Å². The minimum absolute atomic E-state index is 0.159. The highest BCUT2D eigenvalue weighted by Gasteiger charge is 2.36. The van der Waals surface area contributed by atoms with E-state index in [1.165, 1.54) is 0 Å². The van der Waals surface area contributed by atoms with Crippen molar-refractivity contribution in [3.05, 3.63) is 59.9 Å². The molecule has 0 aliphatic heterocycles. The summed E-state index contributed by atoms with van der Waals surface area (Å²) in [7, 11) is 0. The van der Waals surface area contributed by atoms with Gasteiger partial charge in [0.25, 0.3) is 0 Å². The zero-order valence-corrected chi connectivity index (χ0v) is 16.8. The van der Waals surface area contributed by atoms with E-state index < -0.39 is 23.6 Å². The quantitative estimate of drug-likeness (QED) is 0.578. The lowest BCUT2D eigenvalue weighted by Gasteiger charge is -2.32. The van der Waals surface area contributed by atoms with Gasteiger partial charge in [0.15, 0.2) is 0 Å². The van der Waals surface area contributed by atoms with Crippen molar-refractivity contribution < 1.29 is 23.4 Å². The lowest BCUT2D eigenvalue weighted by molar-refractivity contribution is -0.141. The number of alkyl halides is 3. The molecular formula is C21H22F3N5O2. The molecular weight excluding hydrogens is 411 g/mol. The number of hydrogen-bond donors (Lipinski definition) is 3. The Hall–Kier alpha value is -2.98. The Bertz CT molecular complexity index is 1070. The van der Waals surface area contributed by atoms with Gasteiger partial charge in [-0.2, -0.15) is 13.2 Å². The van der Waals surface area contributed by atoms with Gasteiger partial charge in [0, 0.05) is 23.8 Å². The van der Waals surface area contributed by atoms with Gasteiger partial charge in [0.05, 0.1) is 18.1 Å². The van der Waals surface area contributed by atoms with Crippen molar-refractivity contribution in [1.82, 2.24) is 19.5 Å². The van der Waals surface area contributed by atoms with Gasteiger partial charge in [-0.05, 0) is 62.4 Å². The van der Waals surface area contributed by atoms with Crippen LogP contribution in [0.4, 0.5) is 24.8 Å². The Morgan fingerprint density at radius 1 is 1.16 bits per heavy atom. The van der Waals surface area contributed by atoms with Gasteiger partial charge in [-0.1, -0.05) is 0 Å². The Morgan fingerprint density at radius 3 is 2.61 bits per heavy atom. The number of aryl methyl sites for hydroxylation is 1. The maximum absolute atomic E-state index is 12.9. The summed E-state index contributed by atoms with van der Waals surface area (Å²) in [5.74, 6) is -0.159. The smallest absolute Gasteiger partial charge is 0.393 e. The first-order chi connectivity index (χ1) is 14.6. The van der Waals surface area contributed by atoms with Crippen LogP contribution in [0.3, 0.4) is 0 Å². The summed E-state index contributed by atoms with van der Waals surface area (Å²) in [4.78, 5) is 11.8. The second kappa shape index (κ2) is 7.93. The van der Waals surface area contributed by atoms with Crippen molar-refractivity contribution >= 4 is 11.6 Å². The zero-order chi connectivity index (χ0) is 22.2. The molecule has 1 aliphatic carbocycles. The second-order valence-corrected chi connectivity index (χ2v) is 7.87. The average Bonchev–Trinajstić information content (AvgIpc) is 3.21. The average molecular weight is 433 g/mol. The largest absolute Gasteiger partial charge is 0.433 e. The molecule has 164 valence electrons. The third-order valence-corrected chi connectivity index (χ3v) is 5.40. The number of rotatable bonds is 4. The SMILES string of the molecule is Cc1cc(Nc2nccc(C(F)(F)F)n2)cc(-n2cnc([C@]3(O)CC[C@H](O)CC3)c2)c1. The van der Waals surface area contributed by atoms with Gasteiger partial charge in [0.1, 0.15) is 11.3 Å². The van der Waals surface area contributed by atoms with Gasteiger partial charge in [0.2, 0.25) is 5.95 Å². The summed E-state index contributed by atoms with van der Waals surface area (Å²) in [6, 6.07) is 6.20. The zero-order valence-electron chi connectivity index (χ0n) is 16.8.